The fraction of sp³-hybridized carbons (Fsp3) is 0.333. The zero-order chi connectivity index (χ0) is 11.7. The normalized spacial score (nSPS) is 15.8. The first-order valence-electron chi connectivity index (χ1n) is 5.16. The molecule has 1 atom stereocenters. The van der Waals surface area contributed by atoms with Gasteiger partial charge in [-0.1, -0.05) is 12.1 Å². The number of anilines is 1. The van der Waals surface area contributed by atoms with Crippen LogP contribution in [-0.4, -0.2) is 31.2 Å². The quantitative estimate of drug-likeness (QED) is 0.769. The Morgan fingerprint density at radius 3 is 2.81 bits per heavy atom. The molecular formula is C12H14N2O2. The smallest absolute Gasteiger partial charge is 0.228 e. The lowest BCUT2D eigenvalue weighted by Gasteiger charge is -2.19. The number of aldehydes is 1. The monoisotopic (exact) mass is 218 g/mol. The molecule has 0 aliphatic carbocycles. The topological polar surface area (TPSA) is 49.4 Å². The van der Waals surface area contributed by atoms with Gasteiger partial charge < -0.3 is 10.1 Å². The van der Waals surface area contributed by atoms with E-state index in [1.807, 2.05) is 37.2 Å². The van der Waals surface area contributed by atoms with Crippen LogP contribution in [0.4, 0.5) is 5.69 Å². The Bertz CT molecular complexity index is 441. The first-order chi connectivity index (χ1) is 7.61. The number of nitrogens with zero attached hydrogens (tertiary/aromatic N) is 1. The highest BCUT2D eigenvalue weighted by Crippen LogP contribution is 2.27. The fourth-order valence-electron chi connectivity index (χ4n) is 1.93. The van der Waals surface area contributed by atoms with Crippen molar-refractivity contribution in [3.8, 4) is 0 Å². The van der Waals surface area contributed by atoms with Crippen molar-refractivity contribution in [3.05, 3.63) is 29.3 Å². The minimum Gasteiger partial charge on any atom is -0.326 e. The Labute approximate surface area is 94.2 Å². The molecule has 1 amide bonds. The van der Waals surface area contributed by atoms with Gasteiger partial charge in [0.2, 0.25) is 5.91 Å². The van der Waals surface area contributed by atoms with E-state index < -0.39 is 0 Å². The van der Waals surface area contributed by atoms with Crippen molar-refractivity contribution in [2.75, 3.05) is 19.4 Å². The third-order valence-corrected chi connectivity index (χ3v) is 2.78. The Balaban J connectivity index is 2.35. The average Bonchev–Trinajstić information content (AvgIpc) is 2.57. The summed E-state index contributed by atoms with van der Waals surface area (Å²) < 4.78 is 0. The lowest BCUT2D eigenvalue weighted by molar-refractivity contribution is -0.115. The van der Waals surface area contributed by atoms with Crippen LogP contribution in [0.5, 0.6) is 0 Å². The lowest BCUT2D eigenvalue weighted by atomic mass is 10.0. The molecule has 2 rings (SSSR count). The van der Waals surface area contributed by atoms with Crippen LogP contribution in [0, 0.1) is 0 Å². The van der Waals surface area contributed by atoms with Crippen molar-refractivity contribution in [1.82, 2.24) is 4.90 Å². The molecule has 16 heavy (non-hydrogen) atoms. The van der Waals surface area contributed by atoms with Crippen LogP contribution in [0.15, 0.2) is 18.2 Å². The number of carbonyl (C=O) groups excluding carboxylic acids is 2. The zero-order valence-corrected chi connectivity index (χ0v) is 9.36. The summed E-state index contributed by atoms with van der Waals surface area (Å²) in [6.07, 6.45) is 1.31. The highest BCUT2D eigenvalue weighted by atomic mass is 16.1. The number of nitrogens with one attached hydrogen (secondary N) is 1. The number of hydrogen-bond acceptors (Lipinski definition) is 3. The van der Waals surface area contributed by atoms with Crippen LogP contribution in [0.2, 0.25) is 0 Å². The standard InChI is InChI=1S/C12H14N2O2/c1-14(2)11(7-15)8-3-4-10-9(5-8)6-12(16)13-10/h3-5,7,11H,6H2,1-2H3,(H,13,16). The van der Waals surface area contributed by atoms with E-state index in [0.29, 0.717) is 6.42 Å². The van der Waals surface area contributed by atoms with Gasteiger partial charge in [0.15, 0.2) is 0 Å². The largest absolute Gasteiger partial charge is 0.326 e. The summed E-state index contributed by atoms with van der Waals surface area (Å²) in [6.45, 7) is 0. The Hall–Kier alpha value is -1.68. The summed E-state index contributed by atoms with van der Waals surface area (Å²) >= 11 is 0. The number of amides is 1. The molecule has 4 nitrogen and oxygen atoms in total. The van der Waals surface area contributed by atoms with Crippen molar-refractivity contribution < 1.29 is 9.59 Å². The highest BCUT2D eigenvalue weighted by molar-refractivity contribution is 5.99. The lowest BCUT2D eigenvalue weighted by Crippen LogP contribution is -2.21. The molecule has 0 fully saturated rings. The van der Waals surface area contributed by atoms with E-state index in [0.717, 1.165) is 23.1 Å². The second-order valence-electron chi connectivity index (χ2n) is 4.19. The van der Waals surface area contributed by atoms with E-state index in [1.165, 1.54) is 0 Å². The Kier molecular flexibility index (Phi) is 2.75. The van der Waals surface area contributed by atoms with Gasteiger partial charge in [0.05, 0.1) is 12.5 Å². The summed E-state index contributed by atoms with van der Waals surface area (Å²) in [7, 11) is 3.71. The molecule has 1 unspecified atom stereocenters. The number of fused-ring (bicyclic) bond motifs is 1. The molecule has 0 saturated carbocycles. The third-order valence-electron chi connectivity index (χ3n) is 2.78. The summed E-state index contributed by atoms with van der Waals surface area (Å²) in [6, 6.07) is 5.41. The first kappa shape index (κ1) is 10.8. The summed E-state index contributed by atoms with van der Waals surface area (Å²) in [5, 5.41) is 2.77. The van der Waals surface area contributed by atoms with E-state index in [2.05, 4.69) is 5.32 Å². The van der Waals surface area contributed by atoms with Crippen LogP contribution in [-0.2, 0) is 16.0 Å². The van der Waals surface area contributed by atoms with Gasteiger partial charge in [-0.2, -0.15) is 0 Å². The van der Waals surface area contributed by atoms with Gasteiger partial charge in [0.25, 0.3) is 0 Å². The molecule has 0 saturated heterocycles. The zero-order valence-electron chi connectivity index (χ0n) is 9.36. The third kappa shape index (κ3) is 1.84. The molecule has 0 bridgehead atoms. The summed E-state index contributed by atoms with van der Waals surface area (Å²) in [5.74, 6) is 0.0136. The van der Waals surface area contributed by atoms with Gasteiger partial charge >= 0.3 is 0 Å². The van der Waals surface area contributed by atoms with E-state index >= 15 is 0 Å². The second-order valence-corrected chi connectivity index (χ2v) is 4.19. The minimum atomic E-state index is -0.249. The number of rotatable bonds is 3. The molecule has 0 spiro atoms. The molecule has 0 aromatic heterocycles. The predicted octanol–water partition coefficient (Wildman–Crippen LogP) is 0.983. The predicted molar refractivity (Wildman–Crippen MR) is 61.3 cm³/mol. The van der Waals surface area contributed by atoms with Gasteiger partial charge in [-0.3, -0.25) is 9.69 Å². The highest BCUT2D eigenvalue weighted by Gasteiger charge is 2.20. The van der Waals surface area contributed by atoms with Crippen LogP contribution in [0.1, 0.15) is 17.2 Å². The Morgan fingerprint density at radius 2 is 2.19 bits per heavy atom. The van der Waals surface area contributed by atoms with E-state index in [4.69, 9.17) is 0 Å². The minimum absolute atomic E-state index is 0.0136. The van der Waals surface area contributed by atoms with Gasteiger partial charge in [0.1, 0.15) is 6.29 Å². The summed E-state index contributed by atoms with van der Waals surface area (Å²) in [4.78, 5) is 24.0. The van der Waals surface area contributed by atoms with Gasteiger partial charge in [-0.25, -0.2) is 0 Å². The summed E-state index contributed by atoms with van der Waals surface area (Å²) in [5.41, 5.74) is 2.75. The van der Waals surface area contributed by atoms with E-state index in [-0.39, 0.29) is 11.9 Å². The number of likely N-dealkylation sites (N-methyl/N-ethyl adjacent to an activating group) is 1. The van der Waals surface area contributed by atoms with Gasteiger partial charge in [-0.15, -0.1) is 0 Å². The maximum atomic E-state index is 11.2. The molecule has 1 aromatic carbocycles. The van der Waals surface area contributed by atoms with Gasteiger partial charge in [-0.05, 0) is 31.3 Å². The second kappa shape index (κ2) is 4.06. The Morgan fingerprint density at radius 1 is 1.44 bits per heavy atom. The number of benzene rings is 1. The molecule has 1 N–H and O–H groups in total. The number of hydrogen-bond donors (Lipinski definition) is 1. The molecule has 1 heterocycles. The van der Waals surface area contributed by atoms with Crippen molar-refractivity contribution in [3.63, 3.8) is 0 Å². The molecular weight excluding hydrogens is 204 g/mol. The van der Waals surface area contributed by atoms with E-state index in [9.17, 15) is 9.59 Å². The molecule has 84 valence electrons. The van der Waals surface area contributed by atoms with Crippen LogP contribution >= 0.6 is 0 Å². The van der Waals surface area contributed by atoms with Gasteiger partial charge in [0, 0.05) is 5.69 Å². The van der Waals surface area contributed by atoms with Crippen molar-refractivity contribution in [2.45, 2.75) is 12.5 Å². The average molecular weight is 218 g/mol. The van der Waals surface area contributed by atoms with Crippen molar-refractivity contribution >= 4 is 17.9 Å². The first-order valence-corrected chi connectivity index (χ1v) is 5.16. The molecule has 0 radical (unpaired) electrons. The molecule has 1 aromatic rings. The van der Waals surface area contributed by atoms with Crippen LogP contribution < -0.4 is 5.32 Å². The fourth-order valence-corrected chi connectivity index (χ4v) is 1.93. The molecule has 1 aliphatic heterocycles. The SMILES string of the molecule is CN(C)C(C=O)c1ccc2c(c1)CC(=O)N2. The maximum Gasteiger partial charge on any atom is 0.228 e. The maximum absolute atomic E-state index is 11.2. The number of carbonyl (C=O) groups is 2. The van der Waals surface area contributed by atoms with Crippen molar-refractivity contribution in [2.24, 2.45) is 0 Å². The molecule has 1 aliphatic rings. The van der Waals surface area contributed by atoms with Crippen LogP contribution in [0.3, 0.4) is 0 Å². The molecule has 4 heteroatoms. The van der Waals surface area contributed by atoms with E-state index in [1.54, 1.807) is 0 Å². The van der Waals surface area contributed by atoms with Crippen LogP contribution in [0.25, 0.3) is 0 Å². The van der Waals surface area contributed by atoms with Crippen molar-refractivity contribution in [1.29, 1.82) is 0 Å².